The van der Waals surface area contributed by atoms with Gasteiger partial charge in [0.25, 0.3) is 5.91 Å². The van der Waals surface area contributed by atoms with Gasteiger partial charge in [-0.3, -0.25) is 4.79 Å². The van der Waals surface area contributed by atoms with Gasteiger partial charge in [0.05, 0.1) is 11.3 Å². The van der Waals surface area contributed by atoms with E-state index >= 15 is 0 Å². The molecule has 7 heteroatoms. The van der Waals surface area contributed by atoms with Crippen LogP contribution in [0.2, 0.25) is 0 Å². The lowest BCUT2D eigenvalue weighted by molar-refractivity contribution is -0.124. The van der Waals surface area contributed by atoms with E-state index in [1.165, 1.54) is 6.33 Å². The molecular formula is C16H20N4O3. The third-order valence-corrected chi connectivity index (χ3v) is 3.25. The summed E-state index contributed by atoms with van der Waals surface area (Å²) < 4.78 is 6.59. The van der Waals surface area contributed by atoms with Crippen LogP contribution in [-0.4, -0.2) is 39.3 Å². The molecule has 1 N–H and O–H groups in total. The standard InChI is InChI=1S/C16H20N4O3/c1-3-4-12(2)19-15(21)9-23-16(22)13-5-7-14(8-6-13)20-11-17-10-18-20/h5-8,10-12H,3-4,9H2,1-2H3,(H,19,21). The molecule has 122 valence electrons. The van der Waals surface area contributed by atoms with Gasteiger partial charge in [0.1, 0.15) is 12.7 Å². The number of amides is 1. The van der Waals surface area contributed by atoms with Crippen LogP contribution in [0.5, 0.6) is 0 Å². The summed E-state index contributed by atoms with van der Waals surface area (Å²) in [5, 5.41) is 6.78. The summed E-state index contributed by atoms with van der Waals surface area (Å²) in [6.07, 6.45) is 4.87. The van der Waals surface area contributed by atoms with Crippen LogP contribution in [-0.2, 0) is 9.53 Å². The third-order valence-electron chi connectivity index (χ3n) is 3.25. The summed E-state index contributed by atoms with van der Waals surface area (Å²) in [5.41, 5.74) is 1.16. The van der Waals surface area contributed by atoms with Gasteiger partial charge in [-0.2, -0.15) is 5.10 Å². The van der Waals surface area contributed by atoms with Gasteiger partial charge in [-0.05, 0) is 37.6 Å². The molecule has 1 aromatic carbocycles. The minimum atomic E-state index is -0.534. The molecule has 1 amide bonds. The quantitative estimate of drug-likeness (QED) is 0.786. The highest BCUT2D eigenvalue weighted by molar-refractivity contribution is 5.91. The highest BCUT2D eigenvalue weighted by Gasteiger charge is 2.12. The fourth-order valence-electron chi connectivity index (χ4n) is 2.13. The molecule has 0 aliphatic heterocycles. The van der Waals surface area contributed by atoms with Crippen molar-refractivity contribution in [1.29, 1.82) is 0 Å². The number of nitrogens with zero attached hydrogens (tertiary/aromatic N) is 3. The van der Waals surface area contributed by atoms with Gasteiger partial charge < -0.3 is 10.1 Å². The lowest BCUT2D eigenvalue weighted by Crippen LogP contribution is -2.35. The second-order valence-electron chi connectivity index (χ2n) is 5.22. The van der Waals surface area contributed by atoms with E-state index in [0.29, 0.717) is 5.56 Å². The Bertz CT molecular complexity index is 638. The molecule has 23 heavy (non-hydrogen) atoms. The Morgan fingerprint density at radius 1 is 1.30 bits per heavy atom. The molecule has 1 aromatic heterocycles. The van der Waals surface area contributed by atoms with Crippen molar-refractivity contribution in [3.05, 3.63) is 42.5 Å². The average Bonchev–Trinajstić information content (AvgIpc) is 3.07. The molecule has 0 bridgehead atoms. The van der Waals surface area contributed by atoms with Crippen LogP contribution in [0.1, 0.15) is 37.0 Å². The molecule has 0 aliphatic carbocycles. The Morgan fingerprint density at radius 2 is 2.04 bits per heavy atom. The van der Waals surface area contributed by atoms with Gasteiger partial charge in [-0.1, -0.05) is 13.3 Å². The smallest absolute Gasteiger partial charge is 0.338 e. The number of carbonyl (C=O) groups excluding carboxylic acids is 2. The molecule has 7 nitrogen and oxygen atoms in total. The summed E-state index contributed by atoms with van der Waals surface area (Å²) in [5.74, 6) is -0.827. The van der Waals surface area contributed by atoms with Crippen molar-refractivity contribution in [2.45, 2.75) is 32.7 Å². The van der Waals surface area contributed by atoms with Crippen LogP contribution in [0, 0.1) is 0 Å². The van der Waals surface area contributed by atoms with E-state index in [1.54, 1.807) is 35.3 Å². The first kappa shape index (κ1) is 16.7. The maximum Gasteiger partial charge on any atom is 0.338 e. The van der Waals surface area contributed by atoms with Crippen molar-refractivity contribution in [3.63, 3.8) is 0 Å². The normalized spacial score (nSPS) is 11.7. The molecule has 1 atom stereocenters. The van der Waals surface area contributed by atoms with E-state index in [0.717, 1.165) is 18.5 Å². The average molecular weight is 316 g/mol. The van der Waals surface area contributed by atoms with Gasteiger partial charge in [0, 0.05) is 6.04 Å². The molecule has 0 fully saturated rings. The minimum absolute atomic E-state index is 0.0770. The van der Waals surface area contributed by atoms with Crippen molar-refractivity contribution in [1.82, 2.24) is 20.1 Å². The first-order chi connectivity index (χ1) is 11.1. The Balaban J connectivity index is 1.85. The SMILES string of the molecule is CCCC(C)NC(=O)COC(=O)c1ccc(-n2cncn2)cc1. The maximum atomic E-state index is 11.9. The van der Waals surface area contributed by atoms with Crippen LogP contribution in [0.3, 0.4) is 0 Å². The minimum Gasteiger partial charge on any atom is -0.452 e. The van der Waals surface area contributed by atoms with Crippen LogP contribution in [0.15, 0.2) is 36.9 Å². The zero-order valence-electron chi connectivity index (χ0n) is 13.2. The van der Waals surface area contributed by atoms with E-state index in [2.05, 4.69) is 15.4 Å². The van der Waals surface area contributed by atoms with Gasteiger partial charge in [0.2, 0.25) is 0 Å². The van der Waals surface area contributed by atoms with Crippen LogP contribution >= 0.6 is 0 Å². The van der Waals surface area contributed by atoms with Gasteiger partial charge in [0.15, 0.2) is 6.61 Å². The predicted octanol–water partition coefficient (Wildman–Crippen LogP) is 1.73. The van der Waals surface area contributed by atoms with E-state index in [-0.39, 0.29) is 18.6 Å². The van der Waals surface area contributed by atoms with Crippen molar-refractivity contribution >= 4 is 11.9 Å². The third kappa shape index (κ3) is 4.91. The van der Waals surface area contributed by atoms with E-state index in [9.17, 15) is 9.59 Å². The molecule has 1 unspecified atom stereocenters. The second kappa shape index (κ2) is 8.07. The van der Waals surface area contributed by atoms with Crippen molar-refractivity contribution in [2.75, 3.05) is 6.61 Å². The monoisotopic (exact) mass is 316 g/mol. The van der Waals surface area contributed by atoms with Gasteiger partial charge in [-0.15, -0.1) is 0 Å². The topological polar surface area (TPSA) is 86.1 Å². The number of ether oxygens (including phenoxy) is 1. The Hall–Kier alpha value is -2.70. The van der Waals surface area contributed by atoms with Crippen LogP contribution in [0.25, 0.3) is 5.69 Å². The van der Waals surface area contributed by atoms with Gasteiger partial charge >= 0.3 is 5.97 Å². The second-order valence-corrected chi connectivity index (χ2v) is 5.22. The van der Waals surface area contributed by atoms with Crippen molar-refractivity contribution in [3.8, 4) is 5.69 Å². The van der Waals surface area contributed by atoms with E-state index in [1.807, 2.05) is 13.8 Å². The summed E-state index contributed by atoms with van der Waals surface area (Å²) in [7, 11) is 0. The van der Waals surface area contributed by atoms with E-state index in [4.69, 9.17) is 4.74 Å². The molecule has 0 saturated carbocycles. The zero-order chi connectivity index (χ0) is 16.7. The van der Waals surface area contributed by atoms with Crippen molar-refractivity contribution < 1.29 is 14.3 Å². The highest BCUT2D eigenvalue weighted by Crippen LogP contribution is 2.09. The number of aromatic nitrogens is 3. The fourth-order valence-corrected chi connectivity index (χ4v) is 2.13. The Kier molecular flexibility index (Phi) is 5.85. The highest BCUT2D eigenvalue weighted by atomic mass is 16.5. The molecule has 1 heterocycles. The summed E-state index contributed by atoms with van der Waals surface area (Å²) in [6.45, 7) is 3.69. The largest absolute Gasteiger partial charge is 0.452 e. The fraction of sp³-hybridized carbons (Fsp3) is 0.375. The van der Waals surface area contributed by atoms with Crippen molar-refractivity contribution in [2.24, 2.45) is 0 Å². The number of rotatable bonds is 7. The maximum absolute atomic E-state index is 11.9. The number of hydrogen-bond donors (Lipinski definition) is 1. The molecule has 2 rings (SSSR count). The number of esters is 1. The van der Waals surface area contributed by atoms with Crippen LogP contribution < -0.4 is 5.32 Å². The predicted molar refractivity (Wildman–Crippen MR) is 84.2 cm³/mol. The first-order valence-electron chi connectivity index (χ1n) is 7.51. The summed E-state index contributed by atoms with van der Waals surface area (Å²) in [6, 6.07) is 6.78. The van der Waals surface area contributed by atoms with E-state index < -0.39 is 5.97 Å². The molecule has 0 saturated heterocycles. The molecule has 0 radical (unpaired) electrons. The molecule has 2 aromatic rings. The zero-order valence-corrected chi connectivity index (χ0v) is 13.2. The lowest BCUT2D eigenvalue weighted by atomic mass is 10.2. The first-order valence-corrected chi connectivity index (χ1v) is 7.51. The molecule has 0 spiro atoms. The molecular weight excluding hydrogens is 296 g/mol. The Labute approximate surface area is 134 Å². The summed E-state index contributed by atoms with van der Waals surface area (Å²) >= 11 is 0. The van der Waals surface area contributed by atoms with Gasteiger partial charge in [-0.25, -0.2) is 14.5 Å². The lowest BCUT2D eigenvalue weighted by Gasteiger charge is -2.12. The number of hydrogen-bond acceptors (Lipinski definition) is 5. The molecule has 0 aliphatic rings. The summed E-state index contributed by atoms with van der Waals surface area (Å²) in [4.78, 5) is 27.4. The number of carbonyl (C=O) groups is 2. The van der Waals surface area contributed by atoms with Crippen LogP contribution in [0.4, 0.5) is 0 Å². The Morgan fingerprint density at radius 3 is 2.65 bits per heavy atom. The number of benzene rings is 1. The number of nitrogens with one attached hydrogen (secondary N) is 1.